The summed E-state index contributed by atoms with van der Waals surface area (Å²) in [4.78, 5) is 0. The highest BCUT2D eigenvalue weighted by molar-refractivity contribution is 5.32. The lowest BCUT2D eigenvalue weighted by Crippen LogP contribution is -2.12. The van der Waals surface area contributed by atoms with Crippen molar-refractivity contribution < 1.29 is 4.74 Å². The van der Waals surface area contributed by atoms with E-state index >= 15 is 0 Å². The second kappa shape index (κ2) is 5.89. The van der Waals surface area contributed by atoms with Crippen molar-refractivity contribution in [2.45, 2.75) is 32.2 Å². The summed E-state index contributed by atoms with van der Waals surface area (Å²) in [6.45, 7) is 2.60. The molecule has 2 rings (SSSR count). The van der Waals surface area contributed by atoms with Gasteiger partial charge in [-0.1, -0.05) is 12.8 Å². The molecule has 0 spiro atoms. The van der Waals surface area contributed by atoms with E-state index in [4.69, 9.17) is 4.74 Å². The zero-order chi connectivity index (χ0) is 11.2. The number of hydrogen-bond acceptors (Lipinski definition) is 3. The van der Waals surface area contributed by atoms with Gasteiger partial charge in [0.1, 0.15) is 5.82 Å². The molecule has 0 atom stereocenters. The lowest BCUT2D eigenvalue weighted by atomic mass is 10.1. The molecule has 1 N–H and O–H groups in total. The van der Waals surface area contributed by atoms with E-state index in [0.29, 0.717) is 6.61 Å². The maximum Gasteiger partial charge on any atom is 0.147 e. The van der Waals surface area contributed by atoms with Crippen LogP contribution in [0, 0.1) is 5.92 Å². The van der Waals surface area contributed by atoms with Gasteiger partial charge in [-0.15, -0.1) is 0 Å². The van der Waals surface area contributed by atoms with Gasteiger partial charge in [-0.25, -0.2) is 0 Å². The normalized spacial score (nSPS) is 16.8. The van der Waals surface area contributed by atoms with Gasteiger partial charge >= 0.3 is 0 Å². The Kier molecular flexibility index (Phi) is 4.22. The molecule has 16 heavy (non-hydrogen) atoms. The lowest BCUT2D eigenvalue weighted by Gasteiger charge is -2.09. The molecule has 0 radical (unpaired) electrons. The molecule has 0 aromatic carbocycles. The molecule has 1 aromatic heterocycles. The number of rotatable bonds is 6. The topological polar surface area (TPSA) is 39.1 Å². The van der Waals surface area contributed by atoms with Gasteiger partial charge < -0.3 is 10.1 Å². The summed E-state index contributed by atoms with van der Waals surface area (Å²) >= 11 is 0. The second-order valence-corrected chi connectivity index (χ2v) is 4.49. The van der Waals surface area contributed by atoms with E-state index in [0.717, 1.165) is 24.8 Å². The third-order valence-electron chi connectivity index (χ3n) is 3.21. The molecular weight excluding hydrogens is 202 g/mol. The lowest BCUT2D eigenvalue weighted by molar-refractivity contribution is 0.183. The summed E-state index contributed by atoms with van der Waals surface area (Å²) < 4.78 is 6.93. The minimum absolute atomic E-state index is 0.712. The largest absolute Gasteiger partial charge is 0.383 e. The Bertz CT molecular complexity index is 305. The van der Waals surface area contributed by atoms with Crippen LogP contribution in [0.15, 0.2) is 12.3 Å². The Hall–Kier alpha value is -1.03. The van der Waals surface area contributed by atoms with Crippen LogP contribution in [0.3, 0.4) is 0 Å². The Morgan fingerprint density at radius 3 is 3.06 bits per heavy atom. The minimum Gasteiger partial charge on any atom is -0.383 e. The van der Waals surface area contributed by atoms with Crippen LogP contribution in [0.1, 0.15) is 25.7 Å². The quantitative estimate of drug-likeness (QED) is 0.803. The van der Waals surface area contributed by atoms with Gasteiger partial charge in [-0.3, -0.25) is 4.68 Å². The maximum atomic E-state index is 5.02. The first-order chi connectivity index (χ1) is 7.88. The fourth-order valence-electron chi connectivity index (χ4n) is 2.23. The molecule has 1 heterocycles. The fourth-order valence-corrected chi connectivity index (χ4v) is 2.23. The summed E-state index contributed by atoms with van der Waals surface area (Å²) in [7, 11) is 1.71. The smallest absolute Gasteiger partial charge is 0.147 e. The molecule has 90 valence electrons. The zero-order valence-electron chi connectivity index (χ0n) is 9.98. The third-order valence-corrected chi connectivity index (χ3v) is 3.21. The molecule has 0 bridgehead atoms. The Balaban J connectivity index is 1.73. The summed E-state index contributed by atoms with van der Waals surface area (Å²) in [6, 6.07) is 2.03. The molecule has 4 heteroatoms. The van der Waals surface area contributed by atoms with E-state index in [-0.39, 0.29) is 0 Å². The molecule has 1 fully saturated rings. The molecule has 1 aliphatic carbocycles. The van der Waals surface area contributed by atoms with Crippen molar-refractivity contribution in [1.29, 1.82) is 0 Å². The van der Waals surface area contributed by atoms with E-state index in [2.05, 4.69) is 10.4 Å². The van der Waals surface area contributed by atoms with Gasteiger partial charge in [0.25, 0.3) is 0 Å². The predicted octanol–water partition coefficient (Wildman–Crippen LogP) is 2.13. The number of nitrogens with zero attached hydrogens (tertiary/aromatic N) is 2. The summed E-state index contributed by atoms with van der Waals surface area (Å²) in [5, 5.41) is 7.84. The molecule has 1 aromatic rings. The van der Waals surface area contributed by atoms with Gasteiger partial charge in [0, 0.05) is 25.9 Å². The highest BCUT2D eigenvalue weighted by atomic mass is 16.5. The van der Waals surface area contributed by atoms with Crippen molar-refractivity contribution in [3.63, 3.8) is 0 Å². The molecule has 4 nitrogen and oxygen atoms in total. The van der Waals surface area contributed by atoms with Crippen LogP contribution in [0.5, 0.6) is 0 Å². The van der Waals surface area contributed by atoms with Crippen LogP contribution >= 0.6 is 0 Å². The number of ether oxygens (including phenoxy) is 1. The van der Waals surface area contributed by atoms with E-state index in [9.17, 15) is 0 Å². The van der Waals surface area contributed by atoms with Gasteiger partial charge in [-0.2, -0.15) is 5.10 Å². The van der Waals surface area contributed by atoms with Crippen molar-refractivity contribution in [3.8, 4) is 0 Å². The van der Waals surface area contributed by atoms with Gasteiger partial charge in [-0.05, 0) is 18.8 Å². The van der Waals surface area contributed by atoms with Crippen molar-refractivity contribution in [3.05, 3.63) is 12.3 Å². The van der Waals surface area contributed by atoms with Crippen molar-refractivity contribution >= 4 is 5.82 Å². The number of nitrogens with one attached hydrogen (secondary N) is 1. The number of anilines is 1. The fraction of sp³-hybridized carbons (Fsp3) is 0.750. The van der Waals surface area contributed by atoms with Crippen molar-refractivity contribution in [2.24, 2.45) is 5.92 Å². The van der Waals surface area contributed by atoms with Gasteiger partial charge in [0.2, 0.25) is 0 Å². The van der Waals surface area contributed by atoms with E-state index in [1.54, 1.807) is 7.11 Å². The number of hydrogen-bond donors (Lipinski definition) is 1. The summed E-state index contributed by atoms with van der Waals surface area (Å²) in [5.41, 5.74) is 0. The summed E-state index contributed by atoms with van der Waals surface area (Å²) in [6.07, 6.45) is 7.54. The molecule has 0 aliphatic heterocycles. The Labute approximate surface area is 97.0 Å². The van der Waals surface area contributed by atoms with Crippen LogP contribution in [-0.2, 0) is 11.3 Å². The standard InChI is InChI=1S/C12H21N3O/c1-16-9-8-15-7-6-12(14-15)13-10-11-4-2-3-5-11/h6-7,11H,2-5,8-10H2,1H3,(H,13,14). The van der Waals surface area contributed by atoms with Crippen LogP contribution in [0.2, 0.25) is 0 Å². The van der Waals surface area contributed by atoms with Crippen molar-refractivity contribution in [2.75, 3.05) is 25.6 Å². The summed E-state index contributed by atoms with van der Waals surface area (Å²) in [5.74, 6) is 1.84. The zero-order valence-corrected chi connectivity index (χ0v) is 9.98. The maximum absolute atomic E-state index is 5.02. The average Bonchev–Trinajstić information content (AvgIpc) is 2.95. The van der Waals surface area contributed by atoms with Crippen LogP contribution < -0.4 is 5.32 Å². The highest BCUT2D eigenvalue weighted by Crippen LogP contribution is 2.24. The Morgan fingerprint density at radius 2 is 2.31 bits per heavy atom. The highest BCUT2D eigenvalue weighted by Gasteiger charge is 2.14. The SMILES string of the molecule is COCCn1ccc(NCC2CCCC2)n1. The Morgan fingerprint density at radius 1 is 1.50 bits per heavy atom. The number of methoxy groups -OCH3 is 1. The minimum atomic E-state index is 0.712. The van der Waals surface area contributed by atoms with E-state index < -0.39 is 0 Å². The predicted molar refractivity (Wildman–Crippen MR) is 64.6 cm³/mol. The molecule has 0 unspecified atom stereocenters. The average molecular weight is 223 g/mol. The monoisotopic (exact) mass is 223 g/mol. The van der Waals surface area contributed by atoms with Crippen LogP contribution in [0.25, 0.3) is 0 Å². The molecule has 0 saturated heterocycles. The molecule has 1 aliphatic rings. The first-order valence-electron chi connectivity index (χ1n) is 6.15. The molecular formula is C12H21N3O. The van der Waals surface area contributed by atoms with Gasteiger partial charge in [0.15, 0.2) is 0 Å². The number of aromatic nitrogens is 2. The van der Waals surface area contributed by atoms with E-state index in [1.165, 1.54) is 25.7 Å². The molecule has 1 saturated carbocycles. The third kappa shape index (κ3) is 3.23. The van der Waals surface area contributed by atoms with E-state index in [1.807, 2.05) is 16.9 Å². The first kappa shape index (κ1) is 11.5. The molecule has 0 amide bonds. The van der Waals surface area contributed by atoms with Crippen LogP contribution in [0.4, 0.5) is 5.82 Å². The van der Waals surface area contributed by atoms with Crippen molar-refractivity contribution in [1.82, 2.24) is 9.78 Å². The second-order valence-electron chi connectivity index (χ2n) is 4.49. The first-order valence-corrected chi connectivity index (χ1v) is 6.15. The van der Waals surface area contributed by atoms with Gasteiger partial charge in [0.05, 0.1) is 13.2 Å². The van der Waals surface area contributed by atoms with Crippen LogP contribution in [-0.4, -0.2) is 30.0 Å².